The molecule has 6 nitrogen and oxygen atoms in total. The maximum atomic E-state index is 12.8. The monoisotopic (exact) mass is 476 g/mol. The number of hydrogen-bond acceptors (Lipinski definition) is 6. The van der Waals surface area contributed by atoms with Crippen LogP contribution >= 0.6 is 0 Å². The van der Waals surface area contributed by atoms with Gasteiger partial charge in [-0.1, -0.05) is 34.6 Å². The third-order valence-corrected chi connectivity index (χ3v) is 10.8. The number of ether oxygens (including phenoxy) is 2. The van der Waals surface area contributed by atoms with Crippen molar-refractivity contribution < 1.29 is 29.0 Å². The fraction of sp³-hybridized carbons (Fsp3) is 0.893. The van der Waals surface area contributed by atoms with Gasteiger partial charge in [0.15, 0.2) is 5.78 Å². The zero-order valence-corrected chi connectivity index (χ0v) is 21.9. The van der Waals surface area contributed by atoms with Crippen LogP contribution in [0.4, 0.5) is 0 Å². The lowest BCUT2D eigenvalue weighted by atomic mass is 9.43. The summed E-state index contributed by atoms with van der Waals surface area (Å²) in [6.45, 7) is 11.6. The van der Waals surface area contributed by atoms with Crippen LogP contribution in [-0.4, -0.2) is 40.6 Å². The fourth-order valence-electron chi connectivity index (χ4n) is 9.13. The molecule has 0 aliphatic heterocycles. The first-order valence-electron chi connectivity index (χ1n) is 13.5. The lowest BCUT2D eigenvalue weighted by Gasteiger charge is -2.63. The van der Waals surface area contributed by atoms with E-state index in [0.717, 1.165) is 38.5 Å². The van der Waals surface area contributed by atoms with Crippen LogP contribution < -0.4 is 0 Å². The van der Waals surface area contributed by atoms with Crippen LogP contribution in [0.2, 0.25) is 0 Å². The number of hydrogen-bond donors (Lipinski definition) is 1. The summed E-state index contributed by atoms with van der Waals surface area (Å²) >= 11 is 0. The lowest BCUT2D eigenvalue weighted by Crippen LogP contribution is -2.64. The maximum absolute atomic E-state index is 12.8. The van der Waals surface area contributed by atoms with Gasteiger partial charge in [0, 0.05) is 24.2 Å². The number of esters is 2. The Morgan fingerprint density at radius 3 is 2.24 bits per heavy atom. The van der Waals surface area contributed by atoms with Crippen molar-refractivity contribution in [3.05, 3.63) is 0 Å². The standard InChI is InChI=1S/C28H44O6/c1-7-23(30)33-19-11-12-26(5)18(14-19)9-10-20-21-13-16(3)28(32,17(4)29)27(21,6)15-22(25(20)26)34-24(31)8-2/h16,18-22,25,32H,7-15H2,1-6H3. The van der Waals surface area contributed by atoms with Crippen molar-refractivity contribution in [3.63, 3.8) is 0 Å². The van der Waals surface area contributed by atoms with E-state index in [1.807, 2.05) is 20.8 Å². The van der Waals surface area contributed by atoms with E-state index in [4.69, 9.17) is 9.47 Å². The highest BCUT2D eigenvalue weighted by Gasteiger charge is 2.71. The second-order valence-corrected chi connectivity index (χ2v) is 12.3. The third-order valence-electron chi connectivity index (χ3n) is 10.8. The number of fused-ring (bicyclic) bond motifs is 5. The molecular formula is C28H44O6. The summed E-state index contributed by atoms with van der Waals surface area (Å²) < 4.78 is 11.9. The largest absolute Gasteiger partial charge is 0.462 e. The Hall–Kier alpha value is -1.43. The molecule has 0 spiro atoms. The second-order valence-electron chi connectivity index (χ2n) is 12.3. The molecule has 1 N–H and O–H groups in total. The Labute approximate surface area is 204 Å². The van der Waals surface area contributed by atoms with Gasteiger partial charge in [-0.3, -0.25) is 14.4 Å². The highest BCUT2D eigenvalue weighted by Crippen LogP contribution is 2.69. The third kappa shape index (κ3) is 3.65. The minimum Gasteiger partial charge on any atom is -0.462 e. The van der Waals surface area contributed by atoms with Crippen LogP contribution in [0.1, 0.15) is 99.3 Å². The smallest absolute Gasteiger partial charge is 0.305 e. The Morgan fingerprint density at radius 1 is 0.971 bits per heavy atom. The summed E-state index contributed by atoms with van der Waals surface area (Å²) in [5.74, 6) is 0.525. The summed E-state index contributed by atoms with van der Waals surface area (Å²) in [6, 6.07) is 0. The van der Waals surface area contributed by atoms with Crippen LogP contribution in [0, 0.1) is 40.4 Å². The van der Waals surface area contributed by atoms with Crippen LogP contribution in [0.5, 0.6) is 0 Å². The zero-order valence-electron chi connectivity index (χ0n) is 21.9. The first-order valence-corrected chi connectivity index (χ1v) is 13.5. The summed E-state index contributed by atoms with van der Waals surface area (Å²) in [4.78, 5) is 37.3. The van der Waals surface area contributed by atoms with E-state index in [-0.39, 0.29) is 53.1 Å². The highest BCUT2D eigenvalue weighted by molar-refractivity contribution is 5.86. The van der Waals surface area contributed by atoms with Crippen LogP contribution in [-0.2, 0) is 23.9 Å². The fourth-order valence-corrected chi connectivity index (χ4v) is 9.13. The molecule has 192 valence electrons. The molecule has 10 unspecified atom stereocenters. The lowest BCUT2D eigenvalue weighted by molar-refractivity contribution is -0.216. The Morgan fingerprint density at radius 2 is 1.62 bits per heavy atom. The number of carbonyl (C=O) groups is 3. The van der Waals surface area contributed by atoms with E-state index in [9.17, 15) is 19.5 Å². The molecule has 34 heavy (non-hydrogen) atoms. The number of ketones is 1. The average molecular weight is 477 g/mol. The number of rotatable bonds is 5. The van der Waals surface area contributed by atoms with Gasteiger partial charge < -0.3 is 14.6 Å². The SMILES string of the molecule is CCC(=O)OC1CCC2(C)C(CCC3C2C(OC(=O)CC)CC2(C)C3CC(C)C2(O)C(C)=O)C1. The van der Waals surface area contributed by atoms with Crippen molar-refractivity contribution in [2.24, 2.45) is 40.4 Å². The number of aliphatic hydroxyl groups is 1. The molecule has 0 saturated heterocycles. The molecule has 0 bridgehead atoms. The van der Waals surface area contributed by atoms with Crippen molar-refractivity contribution in [1.29, 1.82) is 0 Å². The van der Waals surface area contributed by atoms with Gasteiger partial charge in [0.2, 0.25) is 0 Å². The van der Waals surface area contributed by atoms with Gasteiger partial charge >= 0.3 is 11.9 Å². The molecule has 6 heteroatoms. The first-order chi connectivity index (χ1) is 15.9. The Kier molecular flexibility index (Phi) is 6.72. The second kappa shape index (κ2) is 8.90. The quantitative estimate of drug-likeness (QED) is 0.571. The zero-order chi connectivity index (χ0) is 25.1. The van der Waals surface area contributed by atoms with Gasteiger partial charge in [0.1, 0.15) is 17.8 Å². The molecule has 10 atom stereocenters. The first kappa shape index (κ1) is 25.7. The van der Waals surface area contributed by atoms with Crippen molar-refractivity contribution in [3.8, 4) is 0 Å². The Bertz CT molecular complexity index is 839. The van der Waals surface area contributed by atoms with Gasteiger partial charge in [-0.25, -0.2) is 0 Å². The van der Waals surface area contributed by atoms with Crippen molar-refractivity contribution in [2.75, 3.05) is 0 Å². The summed E-state index contributed by atoms with van der Waals surface area (Å²) in [6.07, 6.45) is 6.44. The van der Waals surface area contributed by atoms with E-state index in [1.54, 1.807) is 0 Å². The van der Waals surface area contributed by atoms with E-state index in [1.165, 1.54) is 6.92 Å². The number of carbonyl (C=O) groups excluding carboxylic acids is 3. The number of Topliss-reactive ketones (excluding diaryl/α,β-unsaturated/α-hetero) is 1. The summed E-state index contributed by atoms with van der Waals surface area (Å²) in [7, 11) is 0. The molecule has 0 heterocycles. The van der Waals surface area contributed by atoms with Crippen LogP contribution in [0.25, 0.3) is 0 Å². The molecule has 0 aromatic rings. The van der Waals surface area contributed by atoms with E-state index < -0.39 is 11.0 Å². The molecule has 0 aromatic carbocycles. The van der Waals surface area contributed by atoms with Crippen LogP contribution in [0.3, 0.4) is 0 Å². The predicted octanol–water partition coefficient (Wildman–Crippen LogP) is 4.85. The maximum Gasteiger partial charge on any atom is 0.305 e. The molecule has 4 aliphatic rings. The minimum atomic E-state index is -1.39. The van der Waals surface area contributed by atoms with Crippen molar-refractivity contribution in [1.82, 2.24) is 0 Å². The van der Waals surface area contributed by atoms with Gasteiger partial charge in [-0.05, 0) is 81.0 Å². The predicted molar refractivity (Wildman–Crippen MR) is 128 cm³/mol. The molecule has 4 aliphatic carbocycles. The highest BCUT2D eigenvalue weighted by atomic mass is 16.5. The van der Waals surface area contributed by atoms with Gasteiger partial charge in [0.25, 0.3) is 0 Å². The van der Waals surface area contributed by atoms with E-state index in [0.29, 0.717) is 31.1 Å². The van der Waals surface area contributed by atoms with Crippen molar-refractivity contribution >= 4 is 17.7 Å². The molecule has 4 fully saturated rings. The van der Waals surface area contributed by atoms with Crippen LogP contribution in [0.15, 0.2) is 0 Å². The summed E-state index contributed by atoms with van der Waals surface area (Å²) in [5.41, 5.74) is -2.00. The minimum absolute atomic E-state index is 0.0157. The molecule has 4 rings (SSSR count). The van der Waals surface area contributed by atoms with Gasteiger partial charge in [0.05, 0.1) is 0 Å². The van der Waals surface area contributed by atoms with E-state index in [2.05, 4.69) is 13.8 Å². The summed E-state index contributed by atoms with van der Waals surface area (Å²) in [5, 5.41) is 11.8. The molecule has 0 amide bonds. The molecular weight excluding hydrogens is 432 g/mol. The molecule has 0 aromatic heterocycles. The van der Waals surface area contributed by atoms with E-state index >= 15 is 0 Å². The van der Waals surface area contributed by atoms with Gasteiger partial charge in [-0.15, -0.1) is 0 Å². The molecule has 0 radical (unpaired) electrons. The Balaban J connectivity index is 1.69. The topological polar surface area (TPSA) is 89.9 Å². The average Bonchev–Trinajstić information content (AvgIpc) is 3.00. The van der Waals surface area contributed by atoms with Gasteiger partial charge in [-0.2, -0.15) is 0 Å². The molecule has 4 saturated carbocycles. The van der Waals surface area contributed by atoms with Crippen molar-refractivity contribution in [2.45, 2.75) is 117 Å². The normalized spacial score (nSPS) is 47.7.